The Kier molecular flexibility index (Phi) is 9.20. The Morgan fingerprint density at radius 1 is 1.11 bits per heavy atom. The minimum absolute atomic E-state index is 0.136. The van der Waals surface area contributed by atoms with Crippen LogP contribution < -0.4 is 10.5 Å². The average molecular weight is 638 g/mol. The summed E-state index contributed by atoms with van der Waals surface area (Å²) in [5.41, 5.74) is 6.96. The van der Waals surface area contributed by atoms with Crippen molar-refractivity contribution in [2.45, 2.75) is 51.7 Å². The molecule has 12 heteroatoms. The van der Waals surface area contributed by atoms with Crippen molar-refractivity contribution in [3.8, 4) is 28.8 Å². The van der Waals surface area contributed by atoms with Gasteiger partial charge in [-0.1, -0.05) is 25.1 Å². The zero-order chi connectivity index (χ0) is 33.1. The van der Waals surface area contributed by atoms with Crippen molar-refractivity contribution in [2.75, 3.05) is 45.0 Å². The zero-order valence-corrected chi connectivity index (χ0v) is 27.1. The number of hydrogen-bond donors (Lipinski definition) is 1. The molecule has 2 aliphatic heterocycles. The molecule has 0 unspecified atom stereocenters. The lowest BCUT2D eigenvalue weighted by Gasteiger charge is -2.42. The van der Waals surface area contributed by atoms with Gasteiger partial charge in [-0.15, -0.1) is 0 Å². The number of piperazine rings is 1. The number of hydrogen-bond acceptors (Lipinski definition) is 9. The van der Waals surface area contributed by atoms with Crippen LogP contribution in [-0.2, 0) is 11.3 Å². The highest BCUT2D eigenvalue weighted by Gasteiger charge is 2.35. The summed E-state index contributed by atoms with van der Waals surface area (Å²) in [6.07, 6.45) is 4.68. The van der Waals surface area contributed by atoms with Crippen molar-refractivity contribution in [3.05, 3.63) is 72.3 Å². The molecular formula is C35H40FN9O2. The lowest BCUT2D eigenvalue weighted by molar-refractivity contribution is -0.127. The molecule has 2 fully saturated rings. The number of benzene rings is 2. The third-order valence-corrected chi connectivity index (χ3v) is 9.24. The maximum Gasteiger partial charge on any atom is 0.264 e. The molecule has 2 aliphatic rings. The topological polar surface area (TPSA) is 129 Å². The van der Waals surface area contributed by atoms with Crippen LogP contribution in [0.25, 0.3) is 22.3 Å². The minimum Gasteiger partial charge on any atom is -0.457 e. The lowest BCUT2D eigenvalue weighted by Crippen LogP contribution is -2.54. The van der Waals surface area contributed by atoms with Gasteiger partial charge in [-0.05, 0) is 63.6 Å². The van der Waals surface area contributed by atoms with E-state index in [2.05, 4.69) is 46.6 Å². The van der Waals surface area contributed by atoms with Gasteiger partial charge >= 0.3 is 0 Å². The van der Waals surface area contributed by atoms with Crippen molar-refractivity contribution in [1.82, 2.24) is 34.4 Å². The van der Waals surface area contributed by atoms with E-state index in [-0.39, 0.29) is 28.9 Å². The van der Waals surface area contributed by atoms with E-state index in [1.165, 1.54) is 12.4 Å². The van der Waals surface area contributed by atoms with Crippen LogP contribution in [0.2, 0.25) is 0 Å². The number of nitrogen functional groups attached to an aromatic ring is 1. The highest BCUT2D eigenvalue weighted by atomic mass is 19.1. The Bertz CT molecular complexity index is 1820. The number of likely N-dealkylation sites (tertiary alicyclic amines) is 1. The molecule has 2 N–H and O–H groups in total. The quantitative estimate of drug-likeness (QED) is 0.202. The van der Waals surface area contributed by atoms with Crippen molar-refractivity contribution < 1.29 is 13.9 Å². The number of nitriles is 1. The number of fused-ring (bicyclic) bond motifs is 1. The number of para-hydroxylation sites is 1. The predicted molar refractivity (Wildman–Crippen MR) is 178 cm³/mol. The first-order chi connectivity index (χ1) is 22.7. The number of amides is 1. The molecule has 11 nitrogen and oxygen atoms in total. The highest BCUT2D eigenvalue weighted by Crippen LogP contribution is 2.35. The molecule has 4 heterocycles. The summed E-state index contributed by atoms with van der Waals surface area (Å²) >= 11 is 0. The smallest absolute Gasteiger partial charge is 0.264 e. The SMILES string of the molecule is CCN1CCN(C(C)(C)/C=C(/C#N)C(=O)N2CCC[C@H]2Cn2nc(-c3ccc(Oc4ccccc4)cc3F)c3c(N)ncnc32)CC1. The van der Waals surface area contributed by atoms with E-state index in [4.69, 9.17) is 15.6 Å². The van der Waals surface area contributed by atoms with Gasteiger partial charge in [0.1, 0.15) is 46.8 Å². The molecule has 244 valence electrons. The number of halogens is 1. The molecule has 0 spiro atoms. The van der Waals surface area contributed by atoms with Crippen molar-refractivity contribution in [1.29, 1.82) is 5.26 Å². The van der Waals surface area contributed by atoms with E-state index in [0.29, 0.717) is 41.3 Å². The number of anilines is 1. The van der Waals surface area contributed by atoms with Crippen LogP contribution in [0.4, 0.5) is 10.2 Å². The summed E-state index contributed by atoms with van der Waals surface area (Å²) in [7, 11) is 0. The van der Waals surface area contributed by atoms with Crippen molar-refractivity contribution in [2.24, 2.45) is 0 Å². The summed E-state index contributed by atoms with van der Waals surface area (Å²) in [6, 6.07) is 15.7. The third kappa shape index (κ3) is 6.68. The number of nitrogens with two attached hydrogens (primary N) is 1. The molecule has 1 amide bonds. The summed E-state index contributed by atoms with van der Waals surface area (Å²) in [6.45, 7) is 11.8. The molecule has 0 aliphatic carbocycles. The molecular weight excluding hydrogens is 597 g/mol. The van der Waals surface area contributed by atoms with E-state index < -0.39 is 11.4 Å². The number of likely N-dealkylation sites (N-methyl/N-ethyl adjacent to an activating group) is 1. The van der Waals surface area contributed by atoms with E-state index in [1.807, 2.05) is 24.3 Å². The van der Waals surface area contributed by atoms with Crippen LogP contribution in [0.15, 0.2) is 66.5 Å². The average Bonchev–Trinajstić information content (AvgIpc) is 3.69. The predicted octanol–water partition coefficient (Wildman–Crippen LogP) is 4.86. The van der Waals surface area contributed by atoms with Crippen LogP contribution in [0, 0.1) is 17.1 Å². The van der Waals surface area contributed by atoms with Crippen LogP contribution in [0.1, 0.15) is 33.6 Å². The fourth-order valence-corrected chi connectivity index (χ4v) is 6.60. The van der Waals surface area contributed by atoms with Gasteiger partial charge in [-0.2, -0.15) is 10.4 Å². The van der Waals surface area contributed by atoms with Gasteiger partial charge < -0.3 is 20.3 Å². The van der Waals surface area contributed by atoms with Crippen LogP contribution in [-0.4, -0.2) is 91.2 Å². The van der Waals surface area contributed by atoms with Gasteiger partial charge in [0.05, 0.1) is 18.0 Å². The second-order valence-corrected chi connectivity index (χ2v) is 12.6. The molecule has 2 aromatic heterocycles. The fraction of sp³-hybridized carbons (Fsp3) is 0.400. The van der Waals surface area contributed by atoms with Gasteiger partial charge in [0.2, 0.25) is 0 Å². The number of nitrogens with zero attached hydrogens (tertiary/aromatic N) is 8. The van der Waals surface area contributed by atoms with Crippen molar-refractivity contribution in [3.63, 3.8) is 0 Å². The van der Waals surface area contributed by atoms with Gasteiger partial charge in [-0.3, -0.25) is 9.69 Å². The van der Waals surface area contributed by atoms with Crippen LogP contribution >= 0.6 is 0 Å². The number of ether oxygens (including phenoxy) is 1. The molecule has 4 aromatic rings. The Balaban J connectivity index is 1.25. The van der Waals surface area contributed by atoms with Crippen LogP contribution in [0.3, 0.4) is 0 Å². The summed E-state index contributed by atoms with van der Waals surface area (Å²) in [5.74, 6) is 0.291. The van der Waals surface area contributed by atoms with E-state index in [1.54, 1.807) is 33.8 Å². The number of carbonyl (C=O) groups is 1. The normalized spacial score (nSPS) is 18.1. The summed E-state index contributed by atoms with van der Waals surface area (Å²) in [4.78, 5) is 28.9. The van der Waals surface area contributed by atoms with E-state index >= 15 is 4.39 Å². The number of carbonyl (C=O) groups excluding carboxylic acids is 1. The molecule has 0 saturated carbocycles. The molecule has 1 atom stereocenters. The first-order valence-electron chi connectivity index (χ1n) is 16.1. The van der Waals surface area contributed by atoms with E-state index in [9.17, 15) is 10.1 Å². The van der Waals surface area contributed by atoms with Gasteiger partial charge in [-0.25, -0.2) is 19.0 Å². The lowest BCUT2D eigenvalue weighted by atomic mass is 9.97. The third-order valence-electron chi connectivity index (χ3n) is 9.24. The van der Waals surface area contributed by atoms with Gasteiger partial charge in [0.15, 0.2) is 5.65 Å². The molecule has 2 aromatic carbocycles. The highest BCUT2D eigenvalue weighted by molar-refractivity contribution is 5.99. The molecule has 0 bridgehead atoms. The molecule has 6 rings (SSSR count). The first kappa shape index (κ1) is 32.1. The summed E-state index contributed by atoms with van der Waals surface area (Å²) in [5, 5.41) is 15.3. The molecule has 47 heavy (non-hydrogen) atoms. The van der Waals surface area contributed by atoms with Crippen molar-refractivity contribution >= 4 is 22.8 Å². The van der Waals surface area contributed by atoms with E-state index in [0.717, 1.165) is 45.6 Å². The molecule has 0 radical (unpaired) electrons. The largest absolute Gasteiger partial charge is 0.457 e. The number of aromatic nitrogens is 4. The van der Waals surface area contributed by atoms with Crippen LogP contribution in [0.5, 0.6) is 11.5 Å². The monoisotopic (exact) mass is 637 g/mol. The zero-order valence-electron chi connectivity index (χ0n) is 27.1. The molecule has 2 saturated heterocycles. The second-order valence-electron chi connectivity index (χ2n) is 12.6. The standard InChI is InChI=1S/C35H40FN9O2/c1-4-42-15-17-43(18-16-42)35(2,3)20-24(21-37)34(46)44-14-8-9-25(44)22-45-33-30(32(38)39-23-40-33)31(41-45)28-13-12-27(19-29(28)36)47-26-10-6-5-7-11-26/h5-7,10-13,19-20,23,25H,4,8-9,14-18,22H2,1-3H3,(H2,38,39,40)/b24-20-/t25-/m0/s1. The maximum absolute atomic E-state index is 15.6. The summed E-state index contributed by atoms with van der Waals surface area (Å²) < 4.78 is 23.1. The minimum atomic E-state index is -0.534. The Morgan fingerprint density at radius 2 is 1.87 bits per heavy atom. The van der Waals surface area contributed by atoms with Gasteiger partial charge in [0, 0.05) is 49.9 Å². The Labute approximate surface area is 274 Å². The first-order valence-corrected chi connectivity index (χ1v) is 16.1. The fourth-order valence-electron chi connectivity index (χ4n) is 6.60. The maximum atomic E-state index is 15.6. The Hall–Kier alpha value is -4.86. The number of rotatable bonds is 9. The second kappa shape index (κ2) is 13.5. The Morgan fingerprint density at radius 3 is 2.57 bits per heavy atom. The van der Waals surface area contributed by atoms with Gasteiger partial charge in [0.25, 0.3) is 5.91 Å².